The third-order valence-electron chi connectivity index (χ3n) is 7.80. The van der Waals surface area contributed by atoms with Crippen LogP contribution in [0.5, 0.6) is 5.75 Å². The van der Waals surface area contributed by atoms with E-state index in [2.05, 4.69) is 0 Å². The van der Waals surface area contributed by atoms with Crippen molar-refractivity contribution in [1.82, 2.24) is 4.90 Å². The summed E-state index contributed by atoms with van der Waals surface area (Å²) >= 11 is 0. The van der Waals surface area contributed by atoms with Gasteiger partial charge in [-0.15, -0.1) is 0 Å². The van der Waals surface area contributed by atoms with E-state index >= 15 is 0 Å². The molecular formula is C25H28N2O8. The van der Waals surface area contributed by atoms with Gasteiger partial charge in [-0.2, -0.15) is 0 Å². The number of hydrogen-bond acceptors (Lipinski definition) is 9. The van der Waals surface area contributed by atoms with Crippen molar-refractivity contribution in [2.24, 2.45) is 17.6 Å². The number of phenols is 1. The first-order chi connectivity index (χ1) is 16.7. The number of benzene rings is 1. The summed E-state index contributed by atoms with van der Waals surface area (Å²) in [6, 6.07) is 3.66. The fraction of sp³-hybridized carbons (Fsp3) is 0.480. The molecule has 0 spiro atoms. The molecule has 0 aromatic heterocycles. The Labute approximate surface area is 201 Å². The maximum Gasteiger partial charge on any atom is 0.255 e. The molecule has 1 aromatic rings. The molecule has 1 aromatic carbocycles. The Morgan fingerprint density at radius 2 is 1.89 bits per heavy atom. The molecule has 1 amide bonds. The number of hydrogen-bond donors (Lipinski definition) is 5. The number of nitrogens with zero attached hydrogens (tertiary/aromatic N) is 1. The smallest absolute Gasteiger partial charge is 0.255 e. The molecule has 1 saturated carbocycles. The van der Waals surface area contributed by atoms with Crippen molar-refractivity contribution in [3.8, 4) is 5.75 Å². The maximum absolute atomic E-state index is 13.8. The monoisotopic (exact) mass is 484 g/mol. The summed E-state index contributed by atoms with van der Waals surface area (Å²) in [5.41, 5.74) is 2.58. The molecular weight excluding hydrogens is 456 g/mol. The van der Waals surface area contributed by atoms with Gasteiger partial charge >= 0.3 is 0 Å². The van der Waals surface area contributed by atoms with Crippen molar-refractivity contribution < 1.29 is 39.5 Å². The van der Waals surface area contributed by atoms with Gasteiger partial charge in [0.05, 0.1) is 18.2 Å². The van der Waals surface area contributed by atoms with Gasteiger partial charge in [0.1, 0.15) is 22.8 Å². The highest BCUT2D eigenvalue weighted by Crippen LogP contribution is 2.52. The SMILES string of the molecule is NC(=O)C1=C(O)C2(O)C(=O)C3=C(O)c4c(O)cccc4CC3CC2C(N2CCCCOCC2)C1=O. The summed E-state index contributed by atoms with van der Waals surface area (Å²) in [6.07, 6.45) is 1.84. The number of aliphatic hydroxyl groups is 3. The van der Waals surface area contributed by atoms with E-state index in [9.17, 15) is 34.8 Å². The van der Waals surface area contributed by atoms with Crippen LogP contribution in [0.1, 0.15) is 30.4 Å². The first-order valence-electron chi connectivity index (χ1n) is 11.8. The molecule has 3 aliphatic carbocycles. The van der Waals surface area contributed by atoms with E-state index in [0.717, 1.165) is 6.42 Å². The van der Waals surface area contributed by atoms with E-state index in [1.807, 2.05) is 0 Å². The number of primary amides is 1. The molecule has 1 heterocycles. The summed E-state index contributed by atoms with van der Waals surface area (Å²) in [5, 5.41) is 44.1. The molecule has 35 heavy (non-hydrogen) atoms. The third-order valence-corrected chi connectivity index (χ3v) is 7.80. The van der Waals surface area contributed by atoms with Crippen LogP contribution in [-0.4, -0.2) is 80.7 Å². The van der Waals surface area contributed by atoms with Gasteiger partial charge in [-0.1, -0.05) is 12.1 Å². The van der Waals surface area contributed by atoms with Crippen LogP contribution in [0.2, 0.25) is 0 Å². The Kier molecular flexibility index (Phi) is 5.70. The molecule has 6 N–H and O–H groups in total. The lowest BCUT2D eigenvalue weighted by Gasteiger charge is -2.51. The molecule has 0 radical (unpaired) electrons. The van der Waals surface area contributed by atoms with Crippen LogP contribution >= 0.6 is 0 Å². The largest absolute Gasteiger partial charge is 0.508 e. The zero-order valence-electron chi connectivity index (χ0n) is 19.1. The molecule has 4 atom stereocenters. The molecule has 2 fully saturated rings. The molecule has 4 aliphatic rings. The first-order valence-corrected chi connectivity index (χ1v) is 11.8. The average molecular weight is 485 g/mol. The number of ketones is 2. The Bertz CT molecular complexity index is 1180. The highest BCUT2D eigenvalue weighted by Gasteiger charge is 2.64. The number of Topliss-reactive ketones (excluding diaryl/α,β-unsaturated/α-hetero) is 2. The van der Waals surface area contributed by atoms with Gasteiger partial charge in [-0.05, 0) is 49.8 Å². The van der Waals surface area contributed by atoms with E-state index < -0.39 is 58.0 Å². The summed E-state index contributed by atoms with van der Waals surface area (Å²) in [5.74, 6) is -6.39. The van der Waals surface area contributed by atoms with Crippen LogP contribution in [0.25, 0.3) is 5.76 Å². The second kappa shape index (κ2) is 8.47. The lowest BCUT2D eigenvalue weighted by molar-refractivity contribution is -0.155. The zero-order chi connectivity index (χ0) is 25.1. The molecule has 4 unspecified atom stereocenters. The van der Waals surface area contributed by atoms with Crippen molar-refractivity contribution in [3.05, 3.63) is 46.2 Å². The number of aromatic hydroxyl groups is 1. The van der Waals surface area contributed by atoms with Crippen molar-refractivity contribution in [2.45, 2.75) is 37.3 Å². The quantitative estimate of drug-likeness (QED) is 0.375. The lowest BCUT2D eigenvalue weighted by atomic mass is 9.57. The number of nitrogens with two attached hydrogens (primary N) is 1. The number of aliphatic hydroxyl groups excluding tert-OH is 2. The van der Waals surface area contributed by atoms with E-state index in [0.29, 0.717) is 44.7 Å². The highest BCUT2D eigenvalue weighted by molar-refractivity contribution is 6.24. The van der Waals surface area contributed by atoms with Crippen molar-refractivity contribution in [1.29, 1.82) is 0 Å². The molecule has 186 valence electrons. The second-order valence-electron chi connectivity index (χ2n) is 9.66. The number of ether oxygens (including phenoxy) is 1. The predicted molar refractivity (Wildman–Crippen MR) is 122 cm³/mol. The minimum atomic E-state index is -2.63. The van der Waals surface area contributed by atoms with Crippen LogP contribution in [0.15, 0.2) is 35.1 Å². The molecule has 0 bridgehead atoms. The lowest BCUT2D eigenvalue weighted by Crippen LogP contribution is -2.67. The zero-order valence-corrected chi connectivity index (χ0v) is 19.1. The minimum Gasteiger partial charge on any atom is -0.508 e. The van der Waals surface area contributed by atoms with Crippen molar-refractivity contribution in [2.75, 3.05) is 26.3 Å². The predicted octanol–water partition coefficient (Wildman–Crippen LogP) is 0.515. The maximum atomic E-state index is 13.8. The van der Waals surface area contributed by atoms with E-state index in [4.69, 9.17) is 10.5 Å². The summed E-state index contributed by atoms with van der Waals surface area (Å²) in [7, 11) is 0. The van der Waals surface area contributed by atoms with Crippen molar-refractivity contribution in [3.63, 3.8) is 0 Å². The average Bonchev–Trinajstić information content (AvgIpc) is 2.77. The van der Waals surface area contributed by atoms with Crippen LogP contribution in [0.4, 0.5) is 0 Å². The number of rotatable bonds is 2. The van der Waals surface area contributed by atoms with Gasteiger partial charge in [0, 0.05) is 24.6 Å². The minimum absolute atomic E-state index is 0.0839. The molecule has 1 saturated heterocycles. The molecule has 1 aliphatic heterocycles. The van der Waals surface area contributed by atoms with Gasteiger partial charge in [0.25, 0.3) is 5.91 Å². The Balaban J connectivity index is 1.68. The van der Waals surface area contributed by atoms with E-state index in [1.54, 1.807) is 17.0 Å². The third kappa shape index (κ3) is 3.39. The normalized spacial score (nSPS) is 31.9. The Hall–Kier alpha value is -3.21. The van der Waals surface area contributed by atoms with Gasteiger partial charge in [-0.3, -0.25) is 19.3 Å². The summed E-state index contributed by atoms with van der Waals surface area (Å²) in [4.78, 5) is 41.4. The van der Waals surface area contributed by atoms with Gasteiger partial charge in [0.2, 0.25) is 5.78 Å². The van der Waals surface area contributed by atoms with E-state index in [-0.39, 0.29) is 23.3 Å². The van der Waals surface area contributed by atoms with Gasteiger partial charge in [0.15, 0.2) is 11.4 Å². The fourth-order valence-corrected chi connectivity index (χ4v) is 6.20. The molecule has 10 nitrogen and oxygen atoms in total. The summed E-state index contributed by atoms with van der Waals surface area (Å²) < 4.78 is 5.56. The van der Waals surface area contributed by atoms with Gasteiger partial charge < -0.3 is 30.9 Å². The van der Waals surface area contributed by atoms with Crippen LogP contribution < -0.4 is 5.73 Å². The Morgan fingerprint density at radius 3 is 2.63 bits per heavy atom. The van der Waals surface area contributed by atoms with Crippen LogP contribution in [-0.2, 0) is 25.5 Å². The number of carbonyl (C=O) groups is 3. The first kappa shape index (κ1) is 23.5. The second-order valence-corrected chi connectivity index (χ2v) is 9.66. The number of phenolic OH excluding ortho intramolecular Hbond substituents is 1. The number of carbonyl (C=O) groups excluding carboxylic acids is 3. The molecule has 10 heteroatoms. The topological polar surface area (TPSA) is 171 Å². The van der Waals surface area contributed by atoms with Gasteiger partial charge in [-0.25, -0.2) is 0 Å². The summed E-state index contributed by atoms with van der Waals surface area (Å²) in [6.45, 7) is 1.72. The van der Waals surface area contributed by atoms with E-state index in [1.165, 1.54) is 6.07 Å². The number of fused-ring (bicyclic) bond motifs is 3. The standard InChI is InChI=1S/C25H28N2O8/c26-24(33)18-21(30)19(27-6-1-2-8-35-9-7-27)14-11-13-10-12-4-3-5-15(28)16(12)20(29)17(13)22(31)25(14,34)23(18)32/h3-5,13-14,19,28-29,32,34H,1-2,6-11H2,(H2,26,33). The van der Waals surface area contributed by atoms with Crippen molar-refractivity contribution >= 4 is 23.2 Å². The number of amides is 1. The Morgan fingerprint density at radius 1 is 1.11 bits per heavy atom. The van der Waals surface area contributed by atoms with Crippen LogP contribution in [0, 0.1) is 11.8 Å². The fourth-order valence-electron chi connectivity index (χ4n) is 6.20. The highest BCUT2D eigenvalue weighted by atomic mass is 16.5. The van der Waals surface area contributed by atoms with Crippen LogP contribution in [0.3, 0.4) is 0 Å². The molecule has 5 rings (SSSR count).